The molecule has 1 aromatic heterocycles. The maximum absolute atomic E-state index is 12.4. The zero-order valence-corrected chi connectivity index (χ0v) is 14.5. The van der Waals surface area contributed by atoms with Gasteiger partial charge >= 0.3 is 0 Å². The Labute approximate surface area is 137 Å². The van der Waals surface area contributed by atoms with Crippen molar-refractivity contribution in [3.63, 3.8) is 0 Å². The molecule has 1 saturated heterocycles. The van der Waals surface area contributed by atoms with E-state index in [2.05, 4.69) is 24.3 Å². The van der Waals surface area contributed by atoms with E-state index in [1.165, 1.54) is 0 Å². The predicted molar refractivity (Wildman–Crippen MR) is 89.1 cm³/mol. The SMILES string of the molecule is CCC(CC)NC(=O)[C@@H](C)N1CCN(c2cnn(C)c2)C(=O)C1. The van der Waals surface area contributed by atoms with Crippen molar-refractivity contribution in [2.24, 2.45) is 7.05 Å². The van der Waals surface area contributed by atoms with Gasteiger partial charge in [-0.1, -0.05) is 13.8 Å². The topological polar surface area (TPSA) is 70.5 Å². The molecule has 7 heteroatoms. The van der Waals surface area contributed by atoms with Gasteiger partial charge < -0.3 is 10.2 Å². The van der Waals surface area contributed by atoms with Gasteiger partial charge in [-0.25, -0.2) is 0 Å². The second-order valence-corrected chi connectivity index (χ2v) is 6.09. The van der Waals surface area contributed by atoms with E-state index in [9.17, 15) is 9.59 Å². The number of carbonyl (C=O) groups is 2. The maximum atomic E-state index is 12.4. The number of nitrogens with one attached hydrogen (secondary N) is 1. The molecule has 0 radical (unpaired) electrons. The van der Waals surface area contributed by atoms with E-state index in [4.69, 9.17) is 0 Å². The van der Waals surface area contributed by atoms with Gasteiger partial charge in [0.05, 0.1) is 24.5 Å². The minimum Gasteiger partial charge on any atom is -0.352 e. The van der Waals surface area contributed by atoms with Crippen molar-refractivity contribution in [2.75, 3.05) is 24.5 Å². The lowest BCUT2D eigenvalue weighted by molar-refractivity contribution is -0.129. The number of carbonyl (C=O) groups excluding carboxylic acids is 2. The molecule has 2 heterocycles. The van der Waals surface area contributed by atoms with Crippen LogP contribution in [0.4, 0.5) is 5.69 Å². The third-order valence-corrected chi connectivity index (χ3v) is 4.51. The van der Waals surface area contributed by atoms with Crippen LogP contribution in [0.5, 0.6) is 0 Å². The minimum atomic E-state index is -0.296. The van der Waals surface area contributed by atoms with Crippen LogP contribution in [-0.2, 0) is 16.6 Å². The maximum Gasteiger partial charge on any atom is 0.241 e. The van der Waals surface area contributed by atoms with Crippen molar-refractivity contribution in [3.8, 4) is 0 Å². The lowest BCUT2D eigenvalue weighted by Crippen LogP contribution is -2.57. The summed E-state index contributed by atoms with van der Waals surface area (Å²) in [6, 6.07) is -0.0899. The number of rotatable bonds is 6. The van der Waals surface area contributed by atoms with Crippen molar-refractivity contribution in [2.45, 2.75) is 45.7 Å². The first-order valence-corrected chi connectivity index (χ1v) is 8.29. The number of amides is 2. The Hall–Kier alpha value is -1.89. The van der Waals surface area contributed by atoms with E-state index in [0.29, 0.717) is 13.1 Å². The highest BCUT2D eigenvalue weighted by molar-refractivity contribution is 5.95. The zero-order valence-electron chi connectivity index (χ0n) is 14.5. The summed E-state index contributed by atoms with van der Waals surface area (Å²) in [5.74, 6) is 0.00719. The molecule has 0 bridgehead atoms. The van der Waals surface area contributed by atoms with Gasteiger partial charge in [0.2, 0.25) is 11.8 Å². The van der Waals surface area contributed by atoms with Gasteiger partial charge in [-0.3, -0.25) is 19.2 Å². The van der Waals surface area contributed by atoms with Crippen LogP contribution in [0.2, 0.25) is 0 Å². The van der Waals surface area contributed by atoms with E-state index in [1.54, 1.807) is 15.8 Å². The smallest absolute Gasteiger partial charge is 0.241 e. The molecule has 0 aromatic carbocycles. The Morgan fingerprint density at radius 1 is 1.35 bits per heavy atom. The van der Waals surface area contributed by atoms with E-state index in [-0.39, 0.29) is 30.4 Å². The Morgan fingerprint density at radius 2 is 2.04 bits per heavy atom. The highest BCUT2D eigenvalue weighted by atomic mass is 16.2. The van der Waals surface area contributed by atoms with E-state index in [1.807, 2.05) is 25.1 Å². The Balaban J connectivity index is 1.94. The van der Waals surface area contributed by atoms with Gasteiger partial charge in [0, 0.05) is 32.4 Å². The molecule has 23 heavy (non-hydrogen) atoms. The van der Waals surface area contributed by atoms with Crippen molar-refractivity contribution in [1.29, 1.82) is 0 Å². The highest BCUT2D eigenvalue weighted by Gasteiger charge is 2.31. The summed E-state index contributed by atoms with van der Waals surface area (Å²) in [7, 11) is 1.83. The molecule has 1 aliphatic rings. The predicted octanol–water partition coefficient (Wildman–Crippen LogP) is 0.762. The summed E-state index contributed by atoms with van der Waals surface area (Å²) in [6.07, 6.45) is 5.36. The summed E-state index contributed by atoms with van der Waals surface area (Å²) in [6.45, 7) is 7.51. The van der Waals surface area contributed by atoms with Gasteiger partial charge in [-0.15, -0.1) is 0 Å². The largest absolute Gasteiger partial charge is 0.352 e. The molecule has 2 amide bonds. The Kier molecular flexibility index (Phi) is 5.76. The molecule has 1 fully saturated rings. The normalized spacial score (nSPS) is 17.6. The molecule has 1 atom stereocenters. The molecular formula is C16H27N5O2. The zero-order chi connectivity index (χ0) is 17.0. The lowest BCUT2D eigenvalue weighted by Gasteiger charge is -2.36. The van der Waals surface area contributed by atoms with Crippen LogP contribution in [0, 0.1) is 0 Å². The van der Waals surface area contributed by atoms with Crippen LogP contribution in [0.1, 0.15) is 33.6 Å². The fourth-order valence-corrected chi connectivity index (χ4v) is 2.82. The molecule has 0 aliphatic carbocycles. The van der Waals surface area contributed by atoms with E-state index in [0.717, 1.165) is 18.5 Å². The number of aromatic nitrogens is 2. The van der Waals surface area contributed by atoms with Gasteiger partial charge in [0.1, 0.15) is 0 Å². The van der Waals surface area contributed by atoms with Gasteiger partial charge in [-0.2, -0.15) is 5.10 Å². The first-order valence-electron chi connectivity index (χ1n) is 8.29. The fourth-order valence-electron chi connectivity index (χ4n) is 2.82. The second kappa shape index (κ2) is 7.59. The third-order valence-electron chi connectivity index (χ3n) is 4.51. The number of nitrogens with zero attached hydrogens (tertiary/aromatic N) is 4. The summed E-state index contributed by atoms with van der Waals surface area (Å²) in [5, 5.41) is 7.16. The van der Waals surface area contributed by atoms with E-state index >= 15 is 0 Å². The summed E-state index contributed by atoms with van der Waals surface area (Å²) in [5.41, 5.74) is 0.811. The molecule has 0 spiro atoms. The summed E-state index contributed by atoms with van der Waals surface area (Å²) >= 11 is 0. The molecule has 1 aromatic rings. The third kappa shape index (κ3) is 4.10. The standard InChI is InChI=1S/C16H27N5O2/c1-5-13(6-2)18-16(23)12(3)20-7-8-21(15(22)11-20)14-9-17-19(4)10-14/h9-10,12-13H,5-8,11H2,1-4H3,(H,18,23)/t12-/m1/s1. The first-order chi connectivity index (χ1) is 11.0. The van der Waals surface area contributed by atoms with Crippen LogP contribution in [-0.4, -0.2) is 58.2 Å². The quantitative estimate of drug-likeness (QED) is 0.840. The Bertz CT molecular complexity index is 552. The molecule has 0 saturated carbocycles. The minimum absolute atomic E-state index is 0.00123. The number of anilines is 1. The fraction of sp³-hybridized carbons (Fsp3) is 0.688. The number of hydrogen-bond donors (Lipinski definition) is 1. The molecule has 1 N–H and O–H groups in total. The van der Waals surface area contributed by atoms with Gasteiger partial charge in [0.15, 0.2) is 0 Å². The van der Waals surface area contributed by atoms with Crippen molar-refractivity contribution in [1.82, 2.24) is 20.0 Å². The molecule has 0 unspecified atom stereocenters. The number of aryl methyl sites for hydroxylation is 1. The molecule has 128 valence electrons. The lowest BCUT2D eigenvalue weighted by atomic mass is 10.1. The highest BCUT2D eigenvalue weighted by Crippen LogP contribution is 2.17. The average Bonchev–Trinajstić information content (AvgIpc) is 2.97. The average molecular weight is 321 g/mol. The van der Waals surface area contributed by atoms with Gasteiger partial charge in [0.25, 0.3) is 0 Å². The van der Waals surface area contributed by atoms with Crippen molar-refractivity contribution >= 4 is 17.5 Å². The summed E-state index contributed by atoms with van der Waals surface area (Å²) < 4.78 is 1.68. The Morgan fingerprint density at radius 3 is 2.57 bits per heavy atom. The molecule has 7 nitrogen and oxygen atoms in total. The van der Waals surface area contributed by atoms with Crippen molar-refractivity contribution in [3.05, 3.63) is 12.4 Å². The number of piperazine rings is 1. The monoisotopic (exact) mass is 321 g/mol. The van der Waals surface area contributed by atoms with Gasteiger partial charge in [-0.05, 0) is 19.8 Å². The van der Waals surface area contributed by atoms with Crippen LogP contribution >= 0.6 is 0 Å². The van der Waals surface area contributed by atoms with E-state index < -0.39 is 0 Å². The van der Waals surface area contributed by atoms with Crippen LogP contribution in [0.25, 0.3) is 0 Å². The summed E-state index contributed by atoms with van der Waals surface area (Å²) in [4.78, 5) is 28.4. The van der Waals surface area contributed by atoms with Crippen molar-refractivity contribution < 1.29 is 9.59 Å². The second-order valence-electron chi connectivity index (χ2n) is 6.09. The first kappa shape index (κ1) is 17.5. The molecule has 1 aliphatic heterocycles. The van der Waals surface area contributed by atoms with Crippen LogP contribution < -0.4 is 10.2 Å². The van der Waals surface area contributed by atoms with Crippen LogP contribution in [0.3, 0.4) is 0 Å². The van der Waals surface area contributed by atoms with Crippen LogP contribution in [0.15, 0.2) is 12.4 Å². The molecule has 2 rings (SSSR count). The number of hydrogen-bond acceptors (Lipinski definition) is 4. The molecular weight excluding hydrogens is 294 g/mol.